The fraction of sp³-hybridized carbons (Fsp3) is 0.500. The van der Waals surface area contributed by atoms with Crippen molar-refractivity contribution < 1.29 is 0 Å². The molecular formula is C8H12ClNS. The van der Waals surface area contributed by atoms with Crippen molar-refractivity contribution in [3.8, 4) is 0 Å². The molecule has 0 amide bonds. The standard InChI is InChI=1S/C8H11NS.ClH/c1-6-2-3-8(10-6)7-4-5-9-7;/h2-3,7,9H,4-5H2,1H3;1H/t7-;/m1./s1. The molecular weight excluding hydrogens is 178 g/mol. The number of hydrogen-bond donors (Lipinski definition) is 1. The van der Waals surface area contributed by atoms with Gasteiger partial charge in [0.2, 0.25) is 0 Å². The highest BCUT2D eigenvalue weighted by molar-refractivity contribution is 7.12. The molecule has 0 aliphatic carbocycles. The van der Waals surface area contributed by atoms with Crippen LogP contribution in [0.5, 0.6) is 0 Å². The normalized spacial score (nSPS) is 22.1. The minimum Gasteiger partial charge on any atom is -0.309 e. The Hall–Kier alpha value is -0.0500. The lowest BCUT2D eigenvalue weighted by atomic mass is 10.1. The summed E-state index contributed by atoms with van der Waals surface area (Å²) in [5, 5.41) is 3.39. The third kappa shape index (κ3) is 1.75. The summed E-state index contributed by atoms with van der Waals surface area (Å²) < 4.78 is 0. The van der Waals surface area contributed by atoms with Crippen molar-refractivity contribution in [3.05, 3.63) is 21.9 Å². The molecule has 1 N–H and O–H groups in total. The van der Waals surface area contributed by atoms with Gasteiger partial charge in [0.1, 0.15) is 0 Å². The number of thiophene rings is 1. The zero-order chi connectivity index (χ0) is 6.97. The van der Waals surface area contributed by atoms with Crippen LogP contribution in [0.15, 0.2) is 12.1 Å². The van der Waals surface area contributed by atoms with Crippen molar-refractivity contribution in [2.24, 2.45) is 0 Å². The summed E-state index contributed by atoms with van der Waals surface area (Å²) in [6, 6.07) is 5.11. The van der Waals surface area contributed by atoms with Crippen molar-refractivity contribution in [2.45, 2.75) is 19.4 Å². The van der Waals surface area contributed by atoms with E-state index in [0.717, 1.165) is 0 Å². The second-order valence-electron chi connectivity index (χ2n) is 2.74. The number of aryl methyl sites for hydroxylation is 1. The Balaban J connectivity index is 0.000000605. The largest absolute Gasteiger partial charge is 0.309 e. The van der Waals surface area contributed by atoms with Crippen LogP contribution in [-0.2, 0) is 0 Å². The highest BCUT2D eigenvalue weighted by atomic mass is 35.5. The van der Waals surface area contributed by atoms with E-state index in [1.54, 1.807) is 0 Å². The molecule has 2 heterocycles. The highest BCUT2D eigenvalue weighted by Crippen LogP contribution is 2.28. The van der Waals surface area contributed by atoms with Gasteiger partial charge in [-0.3, -0.25) is 0 Å². The number of halogens is 1. The van der Waals surface area contributed by atoms with E-state index in [2.05, 4.69) is 24.4 Å². The van der Waals surface area contributed by atoms with E-state index < -0.39 is 0 Å². The van der Waals surface area contributed by atoms with Crippen molar-refractivity contribution in [1.82, 2.24) is 5.32 Å². The van der Waals surface area contributed by atoms with Crippen LogP contribution in [0.25, 0.3) is 0 Å². The zero-order valence-corrected chi connectivity index (χ0v) is 8.10. The van der Waals surface area contributed by atoms with Gasteiger partial charge in [-0.05, 0) is 32.0 Å². The summed E-state index contributed by atoms with van der Waals surface area (Å²) in [6.07, 6.45) is 1.32. The predicted molar refractivity (Wildman–Crippen MR) is 51.7 cm³/mol. The number of hydrogen-bond acceptors (Lipinski definition) is 2. The molecule has 1 aromatic heterocycles. The van der Waals surface area contributed by atoms with Crippen molar-refractivity contribution >= 4 is 23.7 Å². The van der Waals surface area contributed by atoms with Crippen LogP contribution < -0.4 is 5.32 Å². The Kier molecular flexibility index (Phi) is 2.93. The Morgan fingerprint density at radius 3 is 2.64 bits per heavy atom. The van der Waals surface area contributed by atoms with Gasteiger partial charge in [-0.25, -0.2) is 0 Å². The van der Waals surface area contributed by atoms with Crippen LogP contribution in [0, 0.1) is 6.92 Å². The van der Waals surface area contributed by atoms with E-state index >= 15 is 0 Å². The Morgan fingerprint density at radius 1 is 1.55 bits per heavy atom. The number of nitrogens with one attached hydrogen (secondary N) is 1. The molecule has 1 saturated heterocycles. The first-order valence-corrected chi connectivity index (χ1v) is 4.47. The Bertz CT molecular complexity index is 230. The molecule has 0 saturated carbocycles. The molecule has 1 fully saturated rings. The fourth-order valence-corrected chi connectivity index (χ4v) is 2.16. The second kappa shape index (κ2) is 3.57. The lowest BCUT2D eigenvalue weighted by Gasteiger charge is -2.26. The summed E-state index contributed by atoms with van der Waals surface area (Å²) in [4.78, 5) is 2.92. The van der Waals surface area contributed by atoms with E-state index in [9.17, 15) is 0 Å². The molecule has 0 spiro atoms. The summed E-state index contributed by atoms with van der Waals surface area (Å²) in [7, 11) is 0. The average Bonchev–Trinajstić information content (AvgIpc) is 2.10. The maximum absolute atomic E-state index is 3.39. The zero-order valence-electron chi connectivity index (χ0n) is 6.46. The third-order valence-electron chi connectivity index (χ3n) is 1.93. The summed E-state index contributed by atoms with van der Waals surface area (Å²) in [5.74, 6) is 0. The Morgan fingerprint density at radius 2 is 2.27 bits per heavy atom. The van der Waals surface area contributed by atoms with E-state index in [-0.39, 0.29) is 12.4 Å². The van der Waals surface area contributed by atoms with Crippen molar-refractivity contribution in [2.75, 3.05) is 6.54 Å². The van der Waals surface area contributed by atoms with Gasteiger partial charge < -0.3 is 5.32 Å². The van der Waals surface area contributed by atoms with Crippen LogP contribution in [0.1, 0.15) is 22.2 Å². The average molecular weight is 190 g/mol. The molecule has 0 unspecified atom stereocenters. The molecule has 0 aromatic carbocycles. The molecule has 11 heavy (non-hydrogen) atoms. The van der Waals surface area contributed by atoms with Crippen molar-refractivity contribution in [1.29, 1.82) is 0 Å². The number of rotatable bonds is 1. The van der Waals surface area contributed by atoms with Gasteiger partial charge >= 0.3 is 0 Å². The first kappa shape index (κ1) is 9.04. The second-order valence-corrected chi connectivity index (χ2v) is 4.06. The summed E-state index contributed by atoms with van der Waals surface area (Å²) in [6.45, 7) is 3.36. The van der Waals surface area contributed by atoms with Gasteiger partial charge in [0, 0.05) is 15.8 Å². The minimum absolute atomic E-state index is 0. The maximum atomic E-state index is 3.39. The van der Waals surface area contributed by atoms with E-state index in [1.165, 1.54) is 22.7 Å². The van der Waals surface area contributed by atoms with Gasteiger partial charge in [0.25, 0.3) is 0 Å². The van der Waals surface area contributed by atoms with Crippen LogP contribution in [0.3, 0.4) is 0 Å². The third-order valence-corrected chi connectivity index (χ3v) is 3.04. The first-order valence-electron chi connectivity index (χ1n) is 3.66. The Labute approximate surface area is 77.2 Å². The van der Waals surface area contributed by atoms with Crippen LogP contribution in [0.2, 0.25) is 0 Å². The monoisotopic (exact) mass is 189 g/mol. The molecule has 62 valence electrons. The topological polar surface area (TPSA) is 12.0 Å². The van der Waals surface area contributed by atoms with Gasteiger partial charge in [0.05, 0.1) is 0 Å². The van der Waals surface area contributed by atoms with Gasteiger partial charge in [-0.1, -0.05) is 0 Å². The molecule has 0 bridgehead atoms. The molecule has 1 aromatic rings. The van der Waals surface area contributed by atoms with Crippen molar-refractivity contribution in [3.63, 3.8) is 0 Å². The molecule has 0 radical (unpaired) electrons. The molecule has 3 heteroatoms. The molecule has 1 nitrogen and oxygen atoms in total. The molecule has 1 aliphatic rings. The first-order chi connectivity index (χ1) is 4.86. The van der Waals surface area contributed by atoms with E-state index in [0.29, 0.717) is 6.04 Å². The van der Waals surface area contributed by atoms with Crippen LogP contribution in [-0.4, -0.2) is 6.54 Å². The summed E-state index contributed by atoms with van der Waals surface area (Å²) >= 11 is 1.91. The quantitative estimate of drug-likeness (QED) is 0.716. The maximum Gasteiger partial charge on any atom is 0.0427 e. The van der Waals surface area contributed by atoms with E-state index in [4.69, 9.17) is 0 Å². The molecule has 1 atom stereocenters. The van der Waals surface area contributed by atoms with Gasteiger partial charge in [-0.2, -0.15) is 0 Å². The molecule has 1 aliphatic heterocycles. The van der Waals surface area contributed by atoms with Gasteiger partial charge in [-0.15, -0.1) is 23.7 Å². The molecule has 2 rings (SSSR count). The van der Waals surface area contributed by atoms with Crippen LogP contribution >= 0.6 is 23.7 Å². The summed E-state index contributed by atoms with van der Waals surface area (Å²) in [5.41, 5.74) is 0. The smallest absolute Gasteiger partial charge is 0.0427 e. The lowest BCUT2D eigenvalue weighted by Crippen LogP contribution is -2.34. The fourth-order valence-electron chi connectivity index (χ4n) is 1.17. The van der Waals surface area contributed by atoms with Crippen LogP contribution in [0.4, 0.5) is 0 Å². The highest BCUT2D eigenvalue weighted by Gasteiger charge is 2.19. The predicted octanol–water partition coefficient (Wildman–Crippen LogP) is 2.51. The van der Waals surface area contributed by atoms with Gasteiger partial charge in [0.15, 0.2) is 0 Å². The SMILES string of the molecule is Cc1ccc([C@H]2CCN2)s1.Cl. The minimum atomic E-state index is 0. The van der Waals surface area contributed by atoms with E-state index in [1.807, 2.05) is 11.3 Å². The lowest BCUT2D eigenvalue weighted by molar-refractivity contribution is 0.389.